The second-order valence-corrected chi connectivity index (χ2v) is 11.0. The van der Waals surface area contributed by atoms with E-state index >= 15 is 0 Å². The summed E-state index contributed by atoms with van der Waals surface area (Å²) in [6.07, 6.45) is 9.78. The van der Waals surface area contributed by atoms with Crippen molar-refractivity contribution in [3.05, 3.63) is 98.5 Å². The summed E-state index contributed by atoms with van der Waals surface area (Å²) in [6, 6.07) is 15.4. The largest absolute Gasteiger partial charge is 0.494 e. The number of ether oxygens (including phenoxy) is 3. The van der Waals surface area contributed by atoms with Crippen LogP contribution in [0.4, 0.5) is 11.4 Å². The standard InChI is InChI=1S/C35H39N3O6S/c1-5-9-10-11-20-42-28-15-13-27(14-16-28)37-30-17-12-25(21-26(30)8-4)22-31-33(40)38(24-32(39)43-18-6-2)34(45-31)29(23-36)35(41)44-19-7-3/h6-7,12-17,21-22,37H,2-3,5,8-11,18-20,24H2,1,4H3/b31-22-,34-29+. The normalized spacial score (nSPS) is 11.7. The van der Waals surface area contributed by atoms with Crippen molar-refractivity contribution in [1.29, 1.82) is 5.26 Å². The van der Waals surface area contributed by atoms with E-state index in [1.807, 2.05) is 55.5 Å². The molecule has 0 amide bonds. The van der Waals surface area contributed by atoms with Gasteiger partial charge < -0.3 is 19.5 Å². The Balaban J connectivity index is 1.93. The molecule has 0 saturated heterocycles. The maximum atomic E-state index is 13.5. The molecule has 1 heterocycles. The van der Waals surface area contributed by atoms with Gasteiger partial charge in [0.15, 0.2) is 5.57 Å². The van der Waals surface area contributed by atoms with E-state index in [0.717, 1.165) is 57.0 Å². The molecule has 9 nitrogen and oxygen atoms in total. The Morgan fingerprint density at radius 3 is 2.42 bits per heavy atom. The van der Waals surface area contributed by atoms with Crippen molar-refractivity contribution in [3.8, 4) is 11.8 Å². The zero-order valence-corrected chi connectivity index (χ0v) is 26.6. The highest BCUT2D eigenvalue weighted by Crippen LogP contribution is 2.25. The van der Waals surface area contributed by atoms with Gasteiger partial charge in [0.2, 0.25) is 0 Å². The number of esters is 2. The lowest BCUT2D eigenvalue weighted by atomic mass is 10.1. The number of thiazole rings is 1. The molecule has 0 fully saturated rings. The minimum absolute atomic E-state index is 0.000697. The number of rotatable bonds is 17. The van der Waals surface area contributed by atoms with Crippen LogP contribution in [0.25, 0.3) is 11.6 Å². The molecule has 0 radical (unpaired) electrons. The number of aryl methyl sites for hydroxylation is 1. The molecule has 0 unspecified atom stereocenters. The average molecular weight is 630 g/mol. The maximum Gasteiger partial charge on any atom is 0.352 e. The number of nitrogens with one attached hydrogen (secondary N) is 1. The summed E-state index contributed by atoms with van der Waals surface area (Å²) in [5.74, 6) is -0.804. The number of hydrogen-bond acceptors (Lipinski definition) is 9. The number of benzene rings is 2. The third-order valence-corrected chi connectivity index (χ3v) is 7.76. The number of aromatic nitrogens is 1. The Bertz CT molecular complexity index is 1710. The van der Waals surface area contributed by atoms with Crippen LogP contribution in [0.5, 0.6) is 5.75 Å². The third-order valence-electron chi connectivity index (χ3n) is 6.63. The second kappa shape index (κ2) is 18.0. The predicted molar refractivity (Wildman–Crippen MR) is 178 cm³/mol. The van der Waals surface area contributed by atoms with Crippen molar-refractivity contribution in [2.24, 2.45) is 0 Å². The first-order chi connectivity index (χ1) is 21.8. The van der Waals surface area contributed by atoms with E-state index in [9.17, 15) is 19.6 Å². The van der Waals surface area contributed by atoms with Gasteiger partial charge in [0.05, 0.1) is 11.1 Å². The molecule has 3 rings (SSSR count). The van der Waals surface area contributed by atoms with E-state index in [2.05, 4.69) is 25.4 Å². The Morgan fingerprint density at radius 2 is 1.76 bits per heavy atom. The summed E-state index contributed by atoms with van der Waals surface area (Å²) in [5, 5.41) is 13.2. The molecule has 0 bridgehead atoms. The summed E-state index contributed by atoms with van der Waals surface area (Å²) in [5.41, 5.74) is 2.66. The van der Waals surface area contributed by atoms with Gasteiger partial charge in [-0.15, -0.1) is 11.3 Å². The summed E-state index contributed by atoms with van der Waals surface area (Å²) in [6.45, 7) is 11.3. The fourth-order valence-corrected chi connectivity index (χ4v) is 5.43. The fraction of sp³-hybridized carbons (Fsp3) is 0.314. The van der Waals surface area contributed by atoms with Crippen LogP contribution >= 0.6 is 11.3 Å². The molecule has 1 aromatic heterocycles. The van der Waals surface area contributed by atoms with E-state index in [0.29, 0.717) is 6.61 Å². The van der Waals surface area contributed by atoms with Crippen molar-refractivity contribution in [1.82, 2.24) is 4.57 Å². The number of carbonyl (C=O) groups is 2. The molecule has 0 atom stereocenters. The number of unbranched alkanes of at least 4 members (excludes halogenated alkanes) is 3. The molecule has 0 saturated carbocycles. The molecular formula is C35H39N3O6S. The van der Waals surface area contributed by atoms with Gasteiger partial charge in [-0.3, -0.25) is 14.2 Å². The molecule has 0 aliphatic carbocycles. The summed E-state index contributed by atoms with van der Waals surface area (Å²) in [4.78, 5) is 38.5. The topological polar surface area (TPSA) is 120 Å². The summed E-state index contributed by atoms with van der Waals surface area (Å²) in [7, 11) is 0. The highest BCUT2D eigenvalue weighted by atomic mass is 32.1. The van der Waals surface area contributed by atoms with Crippen molar-refractivity contribution in [2.75, 3.05) is 25.1 Å². The summed E-state index contributed by atoms with van der Waals surface area (Å²) < 4.78 is 17.2. The van der Waals surface area contributed by atoms with Gasteiger partial charge in [0.25, 0.3) is 5.56 Å². The van der Waals surface area contributed by atoms with E-state index in [1.165, 1.54) is 31.4 Å². The first-order valence-corrected chi connectivity index (χ1v) is 15.7. The number of nitriles is 1. The van der Waals surface area contributed by atoms with Crippen LogP contribution in [0.3, 0.4) is 0 Å². The van der Waals surface area contributed by atoms with Gasteiger partial charge in [-0.25, -0.2) is 4.79 Å². The Morgan fingerprint density at radius 1 is 1.02 bits per heavy atom. The highest BCUT2D eigenvalue weighted by Gasteiger charge is 2.19. The van der Waals surface area contributed by atoms with Crippen molar-refractivity contribution in [2.45, 2.75) is 52.5 Å². The van der Waals surface area contributed by atoms with Crippen LogP contribution in [0, 0.1) is 11.3 Å². The molecule has 0 aliphatic heterocycles. The minimum atomic E-state index is -0.923. The Hall–Kier alpha value is -4.88. The lowest BCUT2D eigenvalue weighted by Crippen LogP contribution is -2.36. The molecule has 10 heteroatoms. The van der Waals surface area contributed by atoms with Crippen molar-refractivity contribution >= 4 is 46.3 Å². The number of hydrogen-bond donors (Lipinski definition) is 1. The van der Waals surface area contributed by atoms with E-state index < -0.39 is 29.6 Å². The maximum absolute atomic E-state index is 13.5. The first kappa shape index (κ1) is 34.6. The SMILES string of the molecule is C=CCOC(=O)Cn1c(=O)/c(=C/c2ccc(Nc3ccc(OCCCCCC)cc3)c(CC)c2)s/c1=C(\C#N)C(=O)OCC=C. The molecule has 45 heavy (non-hydrogen) atoms. The number of carbonyl (C=O) groups excluding carboxylic acids is 2. The summed E-state index contributed by atoms with van der Waals surface area (Å²) >= 11 is 0.925. The van der Waals surface area contributed by atoms with Gasteiger partial charge in [-0.1, -0.05) is 64.5 Å². The van der Waals surface area contributed by atoms with Gasteiger partial charge >= 0.3 is 11.9 Å². The monoisotopic (exact) mass is 629 g/mol. The molecule has 3 aromatic rings. The minimum Gasteiger partial charge on any atom is -0.494 e. The molecule has 0 spiro atoms. The predicted octanol–water partition coefficient (Wildman–Crippen LogP) is 5.14. The molecule has 2 aromatic carbocycles. The smallest absolute Gasteiger partial charge is 0.352 e. The lowest BCUT2D eigenvalue weighted by molar-refractivity contribution is -0.143. The lowest BCUT2D eigenvalue weighted by Gasteiger charge is -2.13. The highest BCUT2D eigenvalue weighted by molar-refractivity contribution is 7.07. The van der Waals surface area contributed by atoms with Crippen molar-refractivity contribution < 1.29 is 23.8 Å². The van der Waals surface area contributed by atoms with Crippen molar-refractivity contribution in [3.63, 3.8) is 0 Å². The van der Waals surface area contributed by atoms with Gasteiger partial charge in [0, 0.05) is 11.4 Å². The van der Waals surface area contributed by atoms with Crippen LogP contribution in [0.1, 0.15) is 50.7 Å². The zero-order chi connectivity index (χ0) is 32.6. The molecular weight excluding hydrogens is 590 g/mol. The van der Waals surface area contributed by atoms with Crippen LogP contribution in [0.15, 0.2) is 72.6 Å². The van der Waals surface area contributed by atoms with E-state index in [1.54, 1.807) is 6.08 Å². The fourth-order valence-electron chi connectivity index (χ4n) is 4.34. The Labute approximate surface area is 267 Å². The van der Waals surface area contributed by atoms with Gasteiger partial charge in [0.1, 0.15) is 36.2 Å². The van der Waals surface area contributed by atoms with Crippen LogP contribution in [0.2, 0.25) is 0 Å². The molecule has 236 valence electrons. The number of nitrogens with zero attached hydrogens (tertiary/aromatic N) is 2. The Kier molecular flexibility index (Phi) is 13.9. The van der Waals surface area contributed by atoms with E-state index in [4.69, 9.17) is 14.2 Å². The average Bonchev–Trinajstić information content (AvgIpc) is 3.34. The second-order valence-electron chi connectivity index (χ2n) is 9.98. The van der Waals surface area contributed by atoms with Crippen LogP contribution in [-0.4, -0.2) is 36.3 Å². The third kappa shape index (κ3) is 10.1. The number of anilines is 2. The quantitative estimate of drug-likeness (QED) is 0.124. The van der Waals surface area contributed by atoms with E-state index in [-0.39, 0.29) is 22.4 Å². The zero-order valence-electron chi connectivity index (χ0n) is 25.8. The van der Waals surface area contributed by atoms with Crippen LogP contribution in [-0.2, 0) is 32.0 Å². The molecule has 0 aliphatic rings. The first-order valence-electron chi connectivity index (χ1n) is 14.9. The molecule has 1 N–H and O–H groups in total. The van der Waals surface area contributed by atoms with Gasteiger partial charge in [-0.2, -0.15) is 5.26 Å². The van der Waals surface area contributed by atoms with Crippen LogP contribution < -0.4 is 24.8 Å². The van der Waals surface area contributed by atoms with Gasteiger partial charge in [-0.05, 0) is 66.4 Å².